The van der Waals surface area contributed by atoms with E-state index in [-0.39, 0.29) is 5.41 Å². The van der Waals surface area contributed by atoms with E-state index in [1.807, 2.05) is 6.08 Å². The zero-order valence-corrected chi connectivity index (χ0v) is 13.5. The number of hydrogen-bond acceptors (Lipinski definition) is 2. The molecule has 0 aliphatic heterocycles. The van der Waals surface area contributed by atoms with Crippen molar-refractivity contribution in [3.05, 3.63) is 12.7 Å². The van der Waals surface area contributed by atoms with Gasteiger partial charge in [-0.1, -0.05) is 46.6 Å². The molecule has 0 aliphatic carbocycles. The van der Waals surface area contributed by atoms with E-state index in [1.54, 1.807) is 0 Å². The lowest BCUT2D eigenvalue weighted by Crippen LogP contribution is -2.37. The maximum atomic E-state index is 5.88. The molecule has 0 amide bonds. The Kier molecular flexibility index (Phi) is 11.3. The molecule has 2 heteroatoms. The summed E-state index contributed by atoms with van der Waals surface area (Å²) in [7, 11) is 0. The summed E-state index contributed by atoms with van der Waals surface area (Å²) in [5.41, 5.74) is 0.0865. The Labute approximate surface area is 120 Å². The van der Waals surface area contributed by atoms with Gasteiger partial charge in [-0.2, -0.15) is 0 Å². The maximum Gasteiger partial charge on any atom is 0.0549 e. The first kappa shape index (κ1) is 18.7. The minimum atomic E-state index is 0.0865. The lowest BCUT2D eigenvalue weighted by atomic mass is 9.76. The van der Waals surface area contributed by atoms with Gasteiger partial charge in [0, 0.05) is 18.6 Å². The van der Waals surface area contributed by atoms with Gasteiger partial charge in [-0.15, -0.1) is 6.58 Å². The van der Waals surface area contributed by atoms with Crippen LogP contribution in [0, 0.1) is 11.3 Å². The van der Waals surface area contributed by atoms with Crippen LogP contribution >= 0.6 is 0 Å². The van der Waals surface area contributed by atoms with Gasteiger partial charge < -0.3 is 9.47 Å². The van der Waals surface area contributed by atoms with Gasteiger partial charge in [-0.25, -0.2) is 0 Å². The van der Waals surface area contributed by atoms with E-state index in [9.17, 15) is 0 Å². The van der Waals surface area contributed by atoms with Crippen molar-refractivity contribution in [3.8, 4) is 0 Å². The average molecular weight is 270 g/mol. The number of allylic oxidation sites excluding steroid dienone is 1. The van der Waals surface area contributed by atoms with Gasteiger partial charge in [0.2, 0.25) is 0 Å². The fourth-order valence-corrected chi connectivity index (χ4v) is 2.06. The highest BCUT2D eigenvalue weighted by molar-refractivity contribution is 4.89. The van der Waals surface area contributed by atoms with Gasteiger partial charge >= 0.3 is 0 Å². The van der Waals surface area contributed by atoms with Crippen molar-refractivity contribution in [1.82, 2.24) is 0 Å². The topological polar surface area (TPSA) is 18.5 Å². The first-order valence-corrected chi connectivity index (χ1v) is 7.89. The standard InChI is InChI=1S/C17H34O2/c1-6-9-12-18-14-17(11-8-3,16(4)5)15-19-13-10-7-2/h8,16H,3,6-7,9-15H2,1-2,4-5H3. The summed E-state index contributed by atoms with van der Waals surface area (Å²) < 4.78 is 11.8. The van der Waals surface area contributed by atoms with E-state index in [0.29, 0.717) is 5.92 Å². The van der Waals surface area contributed by atoms with Crippen LogP contribution in [-0.2, 0) is 9.47 Å². The van der Waals surface area contributed by atoms with Crippen molar-refractivity contribution < 1.29 is 9.47 Å². The third-order valence-corrected chi connectivity index (χ3v) is 3.84. The molecule has 0 bridgehead atoms. The molecule has 0 aromatic heterocycles. The van der Waals surface area contributed by atoms with Crippen LogP contribution in [-0.4, -0.2) is 26.4 Å². The summed E-state index contributed by atoms with van der Waals surface area (Å²) >= 11 is 0. The van der Waals surface area contributed by atoms with Gasteiger partial charge in [-0.05, 0) is 25.2 Å². The second kappa shape index (κ2) is 11.5. The molecule has 0 aromatic rings. The van der Waals surface area contributed by atoms with Crippen molar-refractivity contribution in [2.45, 2.75) is 59.8 Å². The number of rotatable bonds is 13. The molecule has 0 saturated carbocycles. The fourth-order valence-electron chi connectivity index (χ4n) is 2.06. The Morgan fingerprint density at radius 3 is 1.79 bits per heavy atom. The predicted molar refractivity (Wildman–Crippen MR) is 83.5 cm³/mol. The predicted octanol–water partition coefficient (Wildman–Crippen LogP) is 4.84. The van der Waals surface area contributed by atoms with Crippen LogP contribution in [0.5, 0.6) is 0 Å². The van der Waals surface area contributed by atoms with Crippen LogP contribution in [0.3, 0.4) is 0 Å². The first-order chi connectivity index (χ1) is 9.13. The number of hydrogen-bond donors (Lipinski definition) is 0. The smallest absolute Gasteiger partial charge is 0.0549 e. The molecule has 0 fully saturated rings. The van der Waals surface area contributed by atoms with E-state index in [4.69, 9.17) is 9.47 Å². The van der Waals surface area contributed by atoms with E-state index in [0.717, 1.165) is 45.7 Å². The van der Waals surface area contributed by atoms with Crippen LogP contribution in [0.4, 0.5) is 0 Å². The Balaban J connectivity index is 4.35. The molecule has 0 rings (SSSR count). The molecule has 0 radical (unpaired) electrons. The van der Waals surface area contributed by atoms with Crippen LogP contribution in [0.1, 0.15) is 59.8 Å². The summed E-state index contributed by atoms with van der Waals surface area (Å²) in [5, 5.41) is 0. The number of unbranched alkanes of at least 4 members (excludes halogenated alkanes) is 2. The van der Waals surface area contributed by atoms with Gasteiger partial charge in [0.25, 0.3) is 0 Å². The van der Waals surface area contributed by atoms with E-state index < -0.39 is 0 Å². The van der Waals surface area contributed by atoms with Gasteiger partial charge in [-0.3, -0.25) is 0 Å². The van der Waals surface area contributed by atoms with Crippen molar-refractivity contribution in [2.75, 3.05) is 26.4 Å². The summed E-state index contributed by atoms with van der Waals surface area (Å²) in [6, 6.07) is 0. The minimum absolute atomic E-state index is 0.0865. The first-order valence-electron chi connectivity index (χ1n) is 7.89. The zero-order chi connectivity index (χ0) is 14.6. The highest BCUT2D eigenvalue weighted by Crippen LogP contribution is 2.33. The molecule has 19 heavy (non-hydrogen) atoms. The minimum Gasteiger partial charge on any atom is -0.381 e. The molecule has 0 aromatic carbocycles. The van der Waals surface area contributed by atoms with Crippen molar-refractivity contribution in [1.29, 1.82) is 0 Å². The lowest BCUT2D eigenvalue weighted by molar-refractivity contribution is -0.0475. The van der Waals surface area contributed by atoms with Crippen molar-refractivity contribution >= 4 is 0 Å². The summed E-state index contributed by atoms with van der Waals surface area (Å²) in [6.07, 6.45) is 7.61. The van der Waals surface area contributed by atoms with E-state index in [2.05, 4.69) is 34.3 Å². The molecule has 114 valence electrons. The highest BCUT2D eigenvalue weighted by atomic mass is 16.5. The molecule has 0 N–H and O–H groups in total. The largest absolute Gasteiger partial charge is 0.381 e. The molecule has 0 saturated heterocycles. The summed E-state index contributed by atoms with van der Waals surface area (Å²) in [6.45, 7) is 16.1. The summed E-state index contributed by atoms with van der Waals surface area (Å²) in [4.78, 5) is 0. The molecule has 0 aliphatic rings. The van der Waals surface area contributed by atoms with Gasteiger partial charge in [0.1, 0.15) is 0 Å². The van der Waals surface area contributed by atoms with Gasteiger partial charge in [0.05, 0.1) is 13.2 Å². The average Bonchev–Trinajstić information content (AvgIpc) is 2.39. The SMILES string of the molecule is C=CCC(COCCCC)(COCCCC)C(C)C. The monoisotopic (exact) mass is 270 g/mol. The molecule has 0 atom stereocenters. The van der Waals surface area contributed by atoms with E-state index in [1.165, 1.54) is 12.8 Å². The quantitative estimate of drug-likeness (QED) is 0.352. The highest BCUT2D eigenvalue weighted by Gasteiger charge is 2.33. The second-order valence-electron chi connectivity index (χ2n) is 5.82. The number of ether oxygens (including phenoxy) is 2. The second-order valence-corrected chi connectivity index (χ2v) is 5.82. The van der Waals surface area contributed by atoms with Gasteiger partial charge in [0.15, 0.2) is 0 Å². The fraction of sp³-hybridized carbons (Fsp3) is 0.882. The third kappa shape index (κ3) is 7.74. The maximum absolute atomic E-state index is 5.88. The normalized spacial score (nSPS) is 12.1. The van der Waals surface area contributed by atoms with Crippen LogP contribution in [0.2, 0.25) is 0 Å². The molecule has 0 heterocycles. The molecule has 0 spiro atoms. The third-order valence-electron chi connectivity index (χ3n) is 3.84. The lowest BCUT2D eigenvalue weighted by Gasteiger charge is -2.36. The molecule has 0 unspecified atom stereocenters. The van der Waals surface area contributed by atoms with Crippen molar-refractivity contribution in [2.24, 2.45) is 11.3 Å². The summed E-state index contributed by atoms with van der Waals surface area (Å²) in [5.74, 6) is 0.536. The molecular formula is C17H34O2. The molecule has 2 nitrogen and oxygen atoms in total. The Morgan fingerprint density at radius 2 is 1.47 bits per heavy atom. The van der Waals surface area contributed by atoms with Crippen LogP contribution in [0.25, 0.3) is 0 Å². The van der Waals surface area contributed by atoms with E-state index >= 15 is 0 Å². The van der Waals surface area contributed by atoms with Crippen molar-refractivity contribution in [3.63, 3.8) is 0 Å². The van der Waals surface area contributed by atoms with Crippen LogP contribution < -0.4 is 0 Å². The zero-order valence-electron chi connectivity index (χ0n) is 13.5. The Bertz CT molecular complexity index is 199. The van der Waals surface area contributed by atoms with Crippen LogP contribution in [0.15, 0.2) is 12.7 Å². The Morgan fingerprint density at radius 1 is 1.00 bits per heavy atom. The molecular weight excluding hydrogens is 236 g/mol. The Hall–Kier alpha value is -0.340.